The van der Waals surface area contributed by atoms with E-state index in [2.05, 4.69) is 0 Å². The summed E-state index contributed by atoms with van der Waals surface area (Å²) in [6, 6.07) is 18.8. The minimum Gasteiger partial charge on any atom is -0.455 e. The number of hydrogen-bond acceptors (Lipinski definition) is 4. The Morgan fingerprint density at radius 1 is 0.812 bits per heavy atom. The molecule has 0 saturated heterocycles. The van der Waals surface area contributed by atoms with Crippen molar-refractivity contribution < 1.29 is 32.2 Å². The molecule has 0 amide bonds. The van der Waals surface area contributed by atoms with Gasteiger partial charge in [0.15, 0.2) is 6.10 Å². The van der Waals surface area contributed by atoms with E-state index < -0.39 is 35.9 Å². The monoisotopic (exact) mass is 462 g/mol. The molecule has 2 unspecified atom stereocenters. The van der Waals surface area contributed by atoms with E-state index in [-0.39, 0.29) is 21.7 Å². The summed E-state index contributed by atoms with van der Waals surface area (Å²) in [6.45, 7) is 1.47. The maximum absolute atomic E-state index is 13.0. The third-order valence-corrected chi connectivity index (χ3v) is 4.93. The zero-order valence-electron chi connectivity index (χ0n) is 16.8. The van der Waals surface area contributed by atoms with Crippen molar-refractivity contribution in [2.24, 2.45) is 0 Å². The Morgan fingerprint density at radius 2 is 1.31 bits per heavy atom. The lowest BCUT2D eigenvalue weighted by atomic mass is 10.0. The molecular weight excluding hydrogens is 445 g/mol. The van der Waals surface area contributed by atoms with E-state index in [9.17, 15) is 22.8 Å². The smallest absolute Gasteiger partial charge is 0.416 e. The number of carbonyl (C=O) groups is 2. The summed E-state index contributed by atoms with van der Waals surface area (Å²) < 4.78 is 50.1. The van der Waals surface area contributed by atoms with Crippen LogP contribution in [0.3, 0.4) is 0 Å². The second-order valence-corrected chi connectivity index (χ2v) is 7.31. The number of ether oxygens (including phenoxy) is 2. The highest BCUT2D eigenvalue weighted by Crippen LogP contribution is 2.36. The third-order valence-electron chi connectivity index (χ3n) is 4.61. The van der Waals surface area contributed by atoms with Crippen LogP contribution in [0.1, 0.15) is 44.9 Å². The van der Waals surface area contributed by atoms with Gasteiger partial charge in [0.1, 0.15) is 6.10 Å². The van der Waals surface area contributed by atoms with Gasteiger partial charge in [-0.3, -0.25) is 0 Å². The van der Waals surface area contributed by atoms with Gasteiger partial charge in [0.05, 0.1) is 16.7 Å². The fourth-order valence-corrected chi connectivity index (χ4v) is 3.26. The Hall–Kier alpha value is -3.32. The largest absolute Gasteiger partial charge is 0.455 e. The standard InChI is InChI=1S/C24H18ClF3O4/c1-15(31-22(29)16-8-4-2-5-9-16)21(32-23(30)17-10-6-3-7-11-17)19-13-12-18(14-20(19)25)24(26,27)28/h2-15,21H,1H3. The minimum absolute atomic E-state index is 0.0808. The van der Waals surface area contributed by atoms with Crippen molar-refractivity contribution in [2.75, 3.05) is 0 Å². The maximum Gasteiger partial charge on any atom is 0.416 e. The second kappa shape index (κ2) is 9.87. The first kappa shape index (κ1) is 23.3. The van der Waals surface area contributed by atoms with Crippen LogP contribution in [0.5, 0.6) is 0 Å². The van der Waals surface area contributed by atoms with Gasteiger partial charge in [-0.05, 0) is 43.3 Å². The average molecular weight is 463 g/mol. The molecule has 0 heterocycles. The van der Waals surface area contributed by atoms with Crippen LogP contribution in [-0.4, -0.2) is 18.0 Å². The fraction of sp³-hybridized carbons (Fsp3) is 0.167. The summed E-state index contributed by atoms with van der Waals surface area (Å²) in [5.74, 6) is -1.42. The molecule has 32 heavy (non-hydrogen) atoms. The molecule has 0 spiro atoms. The van der Waals surface area contributed by atoms with Crippen molar-refractivity contribution >= 4 is 23.5 Å². The molecule has 166 valence electrons. The number of halogens is 4. The Morgan fingerprint density at radius 3 is 1.78 bits per heavy atom. The first-order chi connectivity index (χ1) is 15.2. The molecule has 0 aliphatic heterocycles. The summed E-state index contributed by atoms with van der Waals surface area (Å²) >= 11 is 6.13. The molecule has 0 N–H and O–H groups in total. The molecule has 0 aliphatic carbocycles. The highest BCUT2D eigenvalue weighted by Gasteiger charge is 2.34. The van der Waals surface area contributed by atoms with Crippen LogP contribution in [0, 0.1) is 0 Å². The van der Waals surface area contributed by atoms with E-state index in [1.807, 2.05) is 0 Å². The summed E-state index contributed by atoms with van der Waals surface area (Å²) in [4.78, 5) is 25.1. The van der Waals surface area contributed by atoms with Crippen LogP contribution in [0.2, 0.25) is 5.02 Å². The first-order valence-electron chi connectivity index (χ1n) is 9.55. The minimum atomic E-state index is -4.59. The van der Waals surface area contributed by atoms with Crippen molar-refractivity contribution in [2.45, 2.75) is 25.3 Å². The Labute approximate surface area is 187 Å². The molecule has 3 aromatic carbocycles. The highest BCUT2D eigenvalue weighted by molar-refractivity contribution is 6.31. The van der Waals surface area contributed by atoms with Gasteiger partial charge in [0.25, 0.3) is 0 Å². The molecule has 0 fully saturated rings. The summed E-state index contributed by atoms with van der Waals surface area (Å²) in [5.41, 5.74) is -0.376. The van der Waals surface area contributed by atoms with E-state index in [1.54, 1.807) is 48.5 Å². The molecule has 0 radical (unpaired) electrons. The third kappa shape index (κ3) is 5.68. The summed E-state index contributed by atoms with van der Waals surface area (Å²) in [5, 5.41) is -0.270. The van der Waals surface area contributed by atoms with Crippen LogP contribution in [0.4, 0.5) is 13.2 Å². The lowest BCUT2D eigenvalue weighted by Crippen LogP contribution is -2.27. The SMILES string of the molecule is CC(OC(=O)c1ccccc1)C(OC(=O)c1ccccc1)c1ccc(C(F)(F)F)cc1Cl. The highest BCUT2D eigenvalue weighted by atomic mass is 35.5. The van der Waals surface area contributed by atoms with Gasteiger partial charge in [0.2, 0.25) is 0 Å². The lowest BCUT2D eigenvalue weighted by molar-refractivity contribution is -0.137. The molecule has 3 rings (SSSR count). The Balaban J connectivity index is 1.92. The van der Waals surface area contributed by atoms with Crippen LogP contribution in [0.15, 0.2) is 78.9 Å². The Bertz CT molecular complexity index is 1090. The topological polar surface area (TPSA) is 52.6 Å². The number of hydrogen-bond donors (Lipinski definition) is 0. The molecule has 0 bridgehead atoms. The Kier molecular flexibility index (Phi) is 7.20. The molecule has 2 atom stereocenters. The molecule has 0 aromatic heterocycles. The number of alkyl halides is 3. The van der Waals surface area contributed by atoms with E-state index in [1.165, 1.54) is 19.1 Å². The van der Waals surface area contributed by atoms with Crippen LogP contribution in [0.25, 0.3) is 0 Å². The molecule has 4 nitrogen and oxygen atoms in total. The summed E-state index contributed by atoms with van der Waals surface area (Å²) in [7, 11) is 0. The van der Waals surface area contributed by atoms with Gasteiger partial charge in [-0.25, -0.2) is 9.59 Å². The fourth-order valence-electron chi connectivity index (χ4n) is 2.98. The molecule has 0 saturated carbocycles. The van der Waals surface area contributed by atoms with E-state index in [0.29, 0.717) is 0 Å². The van der Waals surface area contributed by atoms with Gasteiger partial charge >= 0.3 is 18.1 Å². The van der Waals surface area contributed by atoms with Crippen molar-refractivity contribution in [1.29, 1.82) is 0 Å². The van der Waals surface area contributed by atoms with E-state index in [0.717, 1.165) is 18.2 Å². The van der Waals surface area contributed by atoms with Crippen molar-refractivity contribution in [3.63, 3.8) is 0 Å². The lowest BCUT2D eigenvalue weighted by Gasteiger charge is -2.26. The van der Waals surface area contributed by atoms with Crippen LogP contribution >= 0.6 is 11.6 Å². The summed E-state index contributed by atoms with van der Waals surface area (Å²) in [6.07, 6.45) is -6.89. The van der Waals surface area contributed by atoms with Crippen LogP contribution < -0.4 is 0 Å². The van der Waals surface area contributed by atoms with E-state index >= 15 is 0 Å². The number of rotatable bonds is 6. The molecule has 8 heteroatoms. The number of carbonyl (C=O) groups excluding carboxylic acids is 2. The maximum atomic E-state index is 13.0. The van der Waals surface area contributed by atoms with Gasteiger partial charge < -0.3 is 9.47 Å². The van der Waals surface area contributed by atoms with Gasteiger partial charge in [-0.2, -0.15) is 13.2 Å². The average Bonchev–Trinajstić information content (AvgIpc) is 2.78. The first-order valence-corrected chi connectivity index (χ1v) is 9.93. The van der Waals surface area contributed by atoms with Gasteiger partial charge in [-0.15, -0.1) is 0 Å². The predicted octanol–water partition coefficient (Wildman–Crippen LogP) is 6.50. The predicted molar refractivity (Wildman–Crippen MR) is 112 cm³/mol. The van der Waals surface area contributed by atoms with Crippen molar-refractivity contribution in [3.05, 3.63) is 106 Å². The quantitative estimate of drug-likeness (QED) is 0.392. The molecule has 0 aliphatic rings. The number of esters is 2. The number of benzene rings is 3. The van der Waals surface area contributed by atoms with Gasteiger partial charge in [-0.1, -0.05) is 54.1 Å². The van der Waals surface area contributed by atoms with Crippen molar-refractivity contribution in [1.82, 2.24) is 0 Å². The normalized spacial score (nSPS) is 13.2. The van der Waals surface area contributed by atoms with E-state index in [4.69, 9.17) is 21.1 Å². The zero-order chi connectivity index (χ0) is 23.3. The zero-order valence-corrected chi connectivity index (χ0v) is 17.6. The van der Waals surface area contributed by atoms with Crippen molar-refractivity contribution in [3.8, 4) is 0 Å². The molecule has 3 aromatic rings. The van der Waals surface area contributed by atoms with Crippen LogP contribution in [-0.2, 0) is 15.7 Å². The van der Waals surface area contributed by atoms with Gasteiger partial charge in [0, 0.05) is 10.6 Å². The molecular formula is C24H18ClF3O4. The second-order valence-electron chi connectivity index (χ2n) is 6.90.